The normalized spacial score (nSPS) is 11.6. The molecule has 3 aromatic rings. The highest BCUT2D eigenvalue weighted by Crippen LogP contribution is 2.29. The lowest BCUT2D eigenvalue weighted by atomic mass is 9.97. The van der Waals surface area contributed by atoms with E-state index >= 15 is 0 Å². The molecular formula is C24H14Cl2N2. The quantitative estimate of drug-likeness (QED) is 0.345. The van der Waals surface area contributed by atoms with Gasteiger partial charge >= 0.3 is 0 Å². The van der Waals surface area contributed by atoms with Crippen molar-refractivity contribution in [3.05, 3.63) is 105 Å². The predicted molar refractivity (Wildman–Crippen MR) is 116 cm³/mol. The van der Waals surface area contributed by atoms with Gasteiger partial charge in [-0.2, -0.15) is 10.5 Å². The minimum absolute atomic E-state index is 0.447. The topological polar surface area (TPSA) is 47.6 Å². The molecule has 134 valence electrons. The van der Waals surface area contributed by atoms with Gasteiger partial charge in [-0.3, -0.25) is 0 Å². The summed E-state index contributed by atoms with van der Waals surface area (Å²) in [6.45, 7) is 0. The molecule has 3 aromatic carbocycles. The van der Waals surface area contributed by atoms with Crippen LogP contribution < -0.4 is 0 Å². The van der Waals surface area contributed by atoms with Gasteiger partial charge < -0.3 is 0 Å². The summed E-state index contributed by atoms with van der Waals surface area (Å²) in [5.74, 6) is 0. The van der Waals surface area contributed by atoms with E-state index in [1.165, 1.54) is 0 Å². The van der Waals surface area contributed by atoms with Gasteiger partial charge in [-0.15, -0.1) is 0 Å². The molecule has 0 N–H and O–H groups in total. The van der Waals surface area contributed by atoms with E-state index in [2.05, 4.69) is 12.1 Å². The Balaban J connectivity index is 2.12. The van der Waals surface area contributed by atoms with Crippen molar-refractivity contribution >= 4 is 46.5 Å². The third kappa shape index (κ3) is 4.33. The number of allylic oxidation sites excluding steroid dienone is 2. The van der Waals surface area contributed by atoms with Crippen molar-refractivity contribution in [2.45, 2.75) is 0 Å². The molecule has 0 radical (unpaired) electrons. The molecule has 0 unspecified atom stereocenters. The van der Waals surface area contributed by atoms with E-state index in [4.69, 9.17) is 23.2 Å². The summed E-state index contributed by atoms with van der Waals surface area (Å²) < 4.78 is 0. The Morgan fingerprint density at radius 2 is 0.964 bits per heavy atom. The van der Waals surface area contributed by atoms with Crippen LogP contribution in [-0.2, 0) is 0 Å². The van der Waals surface area contributed by atoms with Gasteiger partial charge in [0.2, 0.25) is 0 Å². The van der Waals surface area contributed by atoms with E-state index in [1.807, 2.05) is 48.5 Å². The van der Waals surface area contributed by atoms with E-state index in [0.717, 1.165) is 11.1 Å². The Morgan fingerprint density at radius 3 is 1.32 bits per heavy atom. The summed E-state index contributed by atoms with van der Waals surface area (Å²) in [6, 6.07) is 26.4. The van der Waals surface area contributed by atoms with Gasteiger partial charge in [0.1, 0.15) is 0 Å². The molecule has 0 aromatic heterocycles. The van der Waals surface area contributed by atoms with E-state index in [0.29, 0.717) is 32.3 Å². The van der Waals surface area contributed by atoms with Crippen LogP contribution in [-0.4, -0.2) is 0 Å². The summed E-state index contributed by atoms with van der Waals surface area (Å²) in [5.41, 5.74) is 3.83. The molecule has 28 heavy (non-hydrogen) atoms. The van der Waals surface area contributed by atoms with Gasteiger partial charge in [0.25, 0.3) is 0 Å². The smallest absolute Gasteiger partial charge is 0.0998 e. The third-order valence-corrected chi connectivity index (χ3v) is 4.82. The highest BCUT2D eigenvalue weighted by Gasteiger charge is 2.09. The van der Waals surface area contributed by atoms with Crippen LogP contribution in [0.25, 0.3) is 23.3 Å². The maximum absolute atomic E-state index is 9.64. The Labute approximate surface area is 174 Å². The molecule has 2 nitrogen and oxygen atoms in total. The first kappa shape index (κ1) is 19.5. The van der Waals surface area contributed by atoms with Gasteiger partial charge in [0.05, 0.1) is 23.3 Å². The lowest BCUT2D eigenvalue weighted by Gasteiger charge is -2.07. The van der Waals surface area contributed by atoms with Crippen molar-refractivity contribution < 1.29 is 0 Å². The van der Waals surface area contributed by atoms with E-state index in [9.17, 15) is 10.5 Å². The molecule has 0 amide bonds. The lowest BCUT2D eigenvalue weighted by molar-refractivity contribution is 1.51. The summed E-state index contributed by atoms with van der Waals surface area (Å²) in [5, 5.41) is 20.3. The molecule has 0 aliphatic rings. The van der Waals surface area contributed by atoms with Crippen LogP contribution in [0, 0.1) is 22.7 Å². The molecule has 0 heterocycles. The molecular weight excluding hydrogens is 387 g/mol. The van der Waals surface area contributed by atoms with Crippen LogP contribution in [0.1, 0.15) is 22.3 Å². The summed E-state index contributed by atoms with van der Waals surface area (Å²) in [7, 11) is 0. The summed E-state index contributed by atoms with van der Waals surface area (Å²) >= 11 is 12.5. The molecule has 0 saturated heterocycles. The zero-order chi connectivity index (χ0) is 19.9. The average Bonchev–Trinajstić information content (AvgIpc) is 2.72. The van der Waals surface area contributed by atoms with Crippen LogP contribution in [0.15, 0.2) is 72.8 Å². The number of nitrogens with zero attached hydrogens (tertiary/aromatic N) is 2. The van der Waals surface area contributed by atoms with Gasteiger partial charge in [-0.05, 0) is 35.4 Å². The maximum Gasteiger partial charge on any atom is 0.0998 e. The fourth-order valence-corrected chi connectivity index (χ4v) is 3.26. The van der Waals surface area contributed by atoms with Crippen LogP contribution in [0.5, 0.6) is 0 Å². The Bertz CT molecular complexity index is 1070. The van der Waals surface area contributed by atoms with E-state index in [-0.39, 0.29) is 0 Å². The minimum Gasteiger partial charge on any atom is -0.192 e. The lowest BCUT2D eigenvalue weighted by Crippen LogP contribution is -1.88. The molecule has 0 saturated carbocycles. The van der Waals surface area contributed by atoms with Crippen LogP contribution in [0.2, 0.25) is 10.0 Å². The second-order valence-electron chi connectivity index (χ2n) is 5.93. The van der Waals surface area contributed by atoms with Crippen molar-refractivity contribution in [3.8, 4) is 12.1 Å². The molecule has 0 spiro atoms. The molecule has 3 rings (SSSR count). The highest BCUT2D eigenvalue weighted by atomic mass is 35.5. The Morgan fingerprint density at radius 1 is 0.607 bits per heavy atom. The van der Waals surface area contributed by atoms with Gasteiger partial charge in [0.15, 0.2) is 0 Å². The number of halogens is 2. The molecule has 4 heteroatoms. The SMILES string of the molecule is N#C/C(=C\c1ccccc1/C=C(\C#N)c1ccccc1Cl)c1ccccc1Cl. The van der Waals surface area contributed by atoms with Gasteiger partial charge in [0, 0.05) is 21.2 Å². The van der Waals surface area contributed by atoms with Crippen LogP contribution in [0.3, 0.4) is 0 Å². The van der Waals surface area contributed by atoms with Crippen LogP contribution in [0.4, 0.5) is 0 Å². The van der Waals surface area contributed by atoms with E-state index < -0.39 is 0 Å². The predicted octanol–water partition coefficient (Wildman–Crippen LogP) is 7.12. The first-order valence-electron chi connectivity index (χ1n) is 8.46. The fraction of sp³-hybridized carbons (Fsp3) is 0. The standard InChI is InChI=1S/C24H14Cl2N2/c25-23-11-5-3-9-21(23)19(15-27)13-17-7-1-2-8-18(17)14-20(16-28)22-10-4-6-12-24(22)26/h1-14H/b19-13+,20-14+. The number of benzene rings is 3. The van der Waals surface area contributed by atoms with Gasteiger partial charge in [-0.25, -0.2) is 0 Å². The number of rotatable bonds is 4. The molecule has 0 aliphatic heterocycles. The first-order chi connectivity index (χ1) is 13.6. The highest BCUT2D eigenvalue weighted by molar-refractivity contribution is 6.33. The average molecular weight is 401 g/mol. The van der Waals surface area contributed by atoms with Crippen molar-refractivity contribution in [3.63, 3.8) is 0 Å². The van der Waals surface area contributed by atoms with Crippen molar-refractivity contribution in [2.24, 2.45) is 0 Å². The van der Waals surface area contributed by atoms with Crippen LogP contribution >= 0.6 is 23.2 Å². The van der Waals surface area contributed by atoms with Crippen molar-refractivity contribution in [1.82, 2.24) is 0 Å². The monoisotopic (exact) mass is 400 g/mol. The zero-order valence-electron chi connectivity index (χ0n) is 14.7. The first-order valence-corrected chi connectivity index (χ1v) is 9.22. The van der Waals surface area contributed by atoms with E-state index in [1.54, 1.807) is 36.4 Å². The maximum atomic E-state index is 9.64. The largest absolute Gasteiger partial charge is 0.192 e. The second kappa shape index (κ2) is 9.07. The second-order valence-corrected chi connectivity index (χ2v) is 6.74. The number of hydrogen-bond donors (Lipinski definition) is 0. The Hall–Kier alpha value is -3.30. The number of hydrogen-bond acceptors (Lipinski definition) is 2. The summed E-state index contributed by atoms with van der Waals surface area (Å²) in [6.07, 6.45) is 3.54. The third-order valence-electron chi connectivity index (χ3n) is 4.16. The molecule has 0 aliphatic carbocycles. The fourth-order valence-electron chi connectivity index (χ4n) is 2.78. The summed E-state index contributed by atoms with van der Waals surface area (Å²) in [4.78, 5) is 0. The minimum atomic E-state index is 0.447. The molecule has 0 atom stereocenters. The molecule has 0 bridgehead atoms. The Kier molecular flexibility index (Phi) is 6.30. The van der Waals surface area contributed by atoms with Crippen molar-refractivity contribution in [2.75, 3.05) is 0 Å². The van der Waals surface area contributed by atoms with Gasteiger partial charge in [-0.1, -0.05) is 83.9 Å². The zero-order valence-corrected chi connectivity index (χ0v) is 16.2. The number of nitriles is 2. The molecule has 0 fully saturated rings. The van der Waals surface area contributed by atoms with Crippen molar-refractivity contribution in [1.29, 1.82) is 10.5 Å².